The van der Waals surface area contributed by atoms with Gasteiger partial charge in [-0.25, -0.2) is 0 Å². The number of hydrogen-bond acceptors (Lipinski definition) is 3. The van der Waals surface area contributed by atoms with E-state index >= 15 is 0 Å². The van der Waals surface area contributed by atoms with Gasteiger partial charge in [0, 0.05) is 31.7 Å². The number of nitrogens with one attached hydrogen (secondary N) is 1. The molecule has 2 rings (SSSR count). The lowest BCUT2D eigenvalue weighted by atomic mass is 9.81. The maximum Gasteiger partial charge on any atom is 0.0674 e. The van der Waals surface area contributed by atoms with Crippen molar-refractivity contribution < 1.29 is 4.74 Å². The van der Waals surface area contributed by atoms with Crippen LogP contribution in [0.15, 0.2) is 0 Å². The van der Waals surface area contributed by atoms with Crippen molar-refractivity contribution in [2.75, 3.05) is 26.2 Å². The molecule has 0 radical (unpaired) electrons. The van der Waals surface area contributed by atoms with Gasteiger partial charge in [0.25, 0.3) is 0 Å². The molecule has 2 unspecified atom stereocenters. The van der Waals surface area contributed by atoms with Crippen molar-refractivity contribution in [3.05, 3.63) is 0 Å². The Morgan fingerprint density at radius 1 is 1.21 bits per heavy atom. The summed E-state index contributed by atoms with van der Waals surface area (Å²) in [6.45, 7) is 13.6. The van der Waals surface area contributed by atoms with Gasteiger partial charge in [0.1, 0.15) is 0 Å². The smallest absolute Gasteiger partial charge is 0.0674 e. The molecule has 0 aromatic rings. The molecule has 0 spiro atoms. The minimum Gasteiger partial charge on any atom is -0.376 e. The molecule has 1 N–H and O–H groups in total. The highest BCUT2D eigenvalue weighted by molar-refractivity contribution is 4.90. The molecule has 1 saturated carbocycles. The second-order valence-electron chi connectivity index (χ2n) is 6.78. The van der Waals surface area contributed by atoms with Crippen LogP contribution in [0.1, 0.15) is 53.4 Å². The molecule has 1 heterocycles. The van der Waals surface area contributed by atoms with E-state index in [1.165, 1.54) is 38.8 Å². The Morgan fingerprint density at radius 3 is 2.47 bits per heavy atom. The SMILES string of the molecule is CCC(CC)(CNC1CC1)CN1CC(C)OCC1C. The zero-order valence-electron chi connectivity index (χ0n) is 13.2. The van der Waals surface area contributed by atoms with E-state index in [0.717, 1.165) is 19.2 Å². The largest absolute Gasteiger partial charge is 0.376 e. The molecule has 1 saturated heterocycles. The minimum absolute atomic E-state index is 0.388. The molecule has 0 aromatic heterocycles. The number of rotatable bonds is 7. The fourth-order valence-electron chi connectivity index (χ4n) is 3.05. The van der Waals surface area contributed by atoms with Crippen molar-refractivity contribution in [2.24, 2.45) is 5.41 Å². The summed E-state index contributed by atoms with van der Waals surface area (Å²) >= 11 is 0. The summed E-state index contributed by atoms with van der Waals surface area (Å²) in [5.74, 6) is 0. The lowest BCUT2D eigenvalue weighted by Gasteiger charge is -2.43. The first kappa shape index (κ1) is 15.3. The van der Waals surface area contributed by atoms with Crippen LogP contribution in [0.3, 0.4) is 0 Å². The summed E-state index contributed by atoms with van der Waals surface area (Å²) in [4.78, 5) is 2.65. The molecular weight excluding hydrogens is 236 g/mol. The van der Waals surface area contributed by atoms with Crippen LogP contribution in [0.25, 0.3) is 0 Å². The Morgan fingerprint density at radius 2 is 1.89 bits per heavy atom. The number of nitrogens with zero attached hydrogens (tertiary/aromatic N) is 1. The van der Waals surface area contributed by atoms with Gasteiger partial charge < -0.3 is 10.1 Å². The summed E-state index contributed by atoms with van der Waals surface area (Å²) in [5, 5.41) is 3.76. The number of ether oxygens (including phenoxy) is 1. The van der Waals surface area contributed by atoms with Crippen LogP contribution in [0.5, 0.6) is 0 Å². The van der Waals surface area contributed by atoms with E-state index in [-0.39, 0.29) is 0 Å². The van der Waals surface area contributed by atoms with E-state index in [9.17, 15) is 0 Å². The Hall–Kier alpha value is -0.120. The summed E-state index contributed by atoms with van der Waals surface area (Å²) in [5.41, 5.74) is 0.438. The normalized spacial score (nSPS) is 29.7. The van der Waals surface area contributed by atoms with Gasteiger partial charge in [-0.15, -0.1) is 0 Å². The van der Waals surface area contributed by atoms with Crippen LogP contribution < -0.4 is 5.32 Å². The molecule has 1 aliphatic carbocycles. The van der Waals surface area contributed by atoms with Gasteiger partial charge in [0.2, 0.25) is 0 Å². The van der Waals surface area contributed by atoms with Gasteiger partial charge in [0.15, 0.2) is 0 Å². The van der Waals surface area contributed by atoms with Crippen molar-refractivity contribution in [1.82, 2.24) is 10.2 Å². The average Bonchev–Trinajstić information content (AvgIpc) is 3.23. The fourth-order valence-corrected chi connectivity index (χ4v) is 3.05. The Labute approximate surface area is 119 Å². The van der Waals surface area contributed by atoms with E-state index in [1.54, 1.807) is 0 Å². The van der Waals surface area contributed by atoms with Crippen molar-refractivity contribution >= 4 is 0 Å². The molecule has 3 nitrogen and oxygen atoms in total. The van der Waals surface area contributed by atoms with Gasteiger partial charge in [-0.3, -0.25) is 4.90 Å². The first-order valence-electron chi connectivity index (χ1n) is 8.17. The van der Waals surface area contributed by atoms with Crippen molar-refractivity contribution in [3.8, 4) is 0 Å². The van der Waals surface area contributed by atoms with Gasteiger partial charge in [0.05, 0.1) is 12.7 Å². The second kappa shape index (κ2) is 6.55. The molecule has 0 bridgehead atoms. The maximum absolute atomic E-state index is 5.75. The third-order valence-electron chi connectivity index (χ3n) is 5.12. The predicted molar refractivity (Wildman–Crippen MR) is 80.5 cm³/mol. The monoisotopic (exact) mass is 268 g/mol. The van der Waals surface area contributed by atoms with E-state index in [4.69, 9.17) is 4.74 Å². The highest BCUT2D eigenvalue weighted by atomic mass is 16.5. The van der Waals surface area contributed by atoms with Crippen LogP contribution >= 0.6 is 0 Å². The first-order chi connectivity index (χ1) is 9.08. The molecule has 2 aliphatic rings. The van der Waals surface area contributed by atoms with Gasteiger partial charge in [-0.05, 0) is 44.9 Å². The Bertz CT molecular complexity index is 274. The molecular formula is C16H32N2O. The molecule has 0 amide bonds. The zero-order chi connectivity index (χ0) is 13.9. The van der Waals surface area contributed by atoms with Crippen molar-refractivity contribution in [3.63, 3.8) is 0 Å². The quantitative estimate of drug-likeness (QED) is 0.768. The lowest BCUT2D eigenvalue weighted by molar-refractivity contribution is -0.0640. The highest BCUT2D eigenvalue weighted by Crippen LogP contribution is 2.30. The van der Waals surface area contributed by atoms with Gasteiger partial charge in [-0.2, -0.15) is 0 Å². The number of morpholine rings is 1. The van der Waals surface area contributed by atoms with E-state index < -0.39 is 0 Å². The average molecular weight is 268 g/mol. The molecule has 0 aromatic carbocycles. The molecule has 19 heavy (non-hydrogen) atoms. The van der Waals surface area contributed by atoms with Crippen LogP contribution in [0.2, 0.25) is 0 Å². The maximum atomic E-state index is 5.75. The molecule has 112 valence electrons. The van der Waals surface area contributed by atoms with Crippen LogP contribution in [-0.4, -0.2) is 49.3 Å². The van der Waals surface area contributed by atoms with Gasteiger partial charge in [-0.1, -0.05) is 13.8 Å². The molecule has 3 heteroatoms. The predicted octanol–water partition coefficient (Wildman–Crippen LogP) is 2.65. The molecule has 1 aliphatic heterocycles. The summed E-state index contributed by atoms with van der Waals surface area (Å²) in [6.07, 6.45) is 5.69. The minimum atomic E-state index is 0.388. The van der Waals surface area contributed by atoms with E-state index in [0.29, 0.717) is 17.6 Å². The topological polar surface area (TPSA) is 24.5 Å². The van der Waals surface area contributed by atoms with E-state index in [1.807, 2.05) is 0 Å². The van der Waals surface area contributed by atoms with Crippen molar-refractivity contribution in [1.29, 1.82) is 0 Å². The lowest BCUT2D eigenvalue weighted by Crippen LogP contribution is -2.53. The summed E-state index contributed by atoms with van der Waals surface area (Å²) < 4.78 is 5.75. The third-order valence-corrected chi connectivity index (χ3v) is 5.12. The second-order valence-corrected chi connectivity index (χ2v) is 6.78. The van der Waals surface area contributed by atoms with Crippen molar-refractivity contribution in [2.45, 2.75) is 71.6 Å². The van der Waals surface area contributed by atoms with Crippen LogP contribution in [0.4, 0.5) is 0 Å². The standard InChI is InChI=1S/C16H32N2O/c1-5-16(6-2,11-17-15-7-8-15)12-18-9-14(4)19-10-13(18)3/h13-15,17H,5-12H2,1-4H3. The third kappa shape index (κ3) is 4.17. The molecule has 2 atom stereocenters. The first-order valence-corrected chi connectivity index (χ1v) is 8.17. The Kier molecular flexibility index (Phi) is 5.27. The number of hydrogen-bond donors (Lipinski definition) is 1. The fraction of sp³-hybridized carbons (Fsp3) is 1.00. The Balaban J connectivity index is 1.92. The van der Waals surface area contributed by atoms with Gasteiger partial charge >= 0.3 is 0 Å². The van der Waals surface area contributed by atoms with Crippen LogP contribution in [-0.2, 0) is 4.74 Å². The molecule has 2 fully saturated rings. The zero-order valence-corrected chi connectivity index (χ0v) is 13.2. The summed E-state index contributed by atoms with van der Waals surface area (Å²) in [6, 6.07) is 1.38. The van der Waals surface area contributed by atoms with Crippen LogP contribution in [0, 0.1) is 5.41 Å². The van der Waals surface area contributed by atoms with E-state index in [2.05, 4.69) is 37.9 Å². The highest BCUT2D eigenvalue weighted by Gasteiger charge is 2.34. The summed E-state index contributed by atoms with van der Waals surface area (Å²) in [7, 11) is 0.